The predicted octanol–water partition coefficient (Wildman–Crippen LogP) is 2.07. The number of hydrogen-bond donors (Lipinski definition) is 1. The van der Waals surface area contributed by atoms with Gasteiger partial charge in [0.2, 0.25) is 0 Å². The summed E-state index contributed by atoms with van der Waals surface area (Å²) in [5.74, 6) is 0. The van der Waals surface area contributed by atoms with E-state index in [1.165, 1.54) is 6.42 Å². The molecule has 0 aromatic carbocycles. The van der Waals surface area contributed by atoms with Gasteiger partial charge in [-0.15, -0.1) is 0 Å². The first-order valence-corrected chi connectivity index (χ1v) is 4.61. The number of rotatable bonds is 8. The van der Waals surface area contributed by atoms with Gasteiger partial charge in [0, 0.05) is 6.42 Å². The molecule has 0 aliphatic rings. The fourth-order valence-electron chi connectivity index (χ4n) is 1.04. The van der Waals surface area contributed by atoms with Crippen LogP contribution in [0.15, 0.2) is 12.2 Å². The summed E-state index contributed by atoms with van der Waals surface area (Å²) in [7, 11) is 0. The lowest BCUT2D eigenvalue weighted by molar-refractivity contribution is -0.107. The molecule has 0 saturated carbocycles. The van der Waals surface area contributed by atoms with Crippen LogP contribution in [0.2, 0.25) is 0 Å². The molecule has 0 radical (unpaired) electrons. The number of aliphatic hydroxyl groups excluding tert-OH is 1. The molecule has 0 amide bonds. The molecule has 1 N–H and O–H groups in total. The Labute approximate surface area is 74.3 Å². The van der Waals surface area contributed by atoms with Gasteiger partial charge in [0.15, 0.2) is 0 Å². The number of hydrogen-bond acceptors (Lipinski definition) is 2. The maximum atomic E-state index is 9.94. The van der Waals surface area contributed by atoms with E-state index < -0.39 is 0 Å². The van der Waals surface area contributed by atoms with E-state index in [0.29, 0.717) is 6.42 Å². The Hall–Kier alpha value is -0.630. The standard InChI is InChI=1S/C10H18O2/c11-9-7-5-3-1-2-4-6-8-10-12/h5,7,10-11H,1-4,6,8-9H2. The lowest BCUT2D eigenvalue weighted by Gasteiger charge is -1.95. The molecule has 0 atom stereocenters. The zero-order chi connectivity index (χ0) is 9.07. The van der Waals surface area contributed by atoms with Gasteiger partial charge < -0.3 is 9.90 Å². The zero-order valence-electron chi connectivity index (χ0n) is 7.54. The van der Waals surface area contributed by atoms with E-state index in [2.05, 4.69) is 0 Å². The first-order valence-electron chi connectivity index (χ1n) is 4.61. The van der Waals surface area contributed by atoms with Gasteiger partial charge in [-0.25, -0.2) is 0 Å². The Bertz CT molecular complexity index is 119. The number of carbonyl (C=O) groups is 1. The molecule has 0 aliphatic heterocycles. The Kier molecular flexibility index (Phi) is 9.83. The van der Waals surface area contributed by atoms with Gasteiger partial charge in [-0.05, 0) is 19.3 Å². The lowest BCUT2D eigenvalue weighted by atomic mass is 10.1. The third-order valence-electron chi connectivity index (χ3n) is 1.71. The van der Waals surface area contributed by atoms with Crippen molar-refractivity contribution in [2.45, 2.75) is 38.5 Å². The molecule has 0 saturated heterocycles. The fraction of sp³-hybridized carbons (Fsp3) is 0.700. The van der Waals surface area contributed by atoms with Crippen LogP contribution in [-0.2, 0) is 4.79 Å². The van der Waals surface area contributed by atoms with Crippen LogP contribution in [0.1, 0.15) is 38.5 Å². The van der Waals surface area contributed by atoms with Gasteiger partial charge in [0.1, 0.15) is 6.29 Å². The topological polar surface area (TPSA) is 37.3 Å². The summed E-state index contributed by atoms with van der Waals surface area (Å²) < 4.78 is 0. The van der Waals surface area contributed by atoms with Crippen molar-refractivity contribution in [3.05, 3.63) is 12.2 Å². The molecule has 0 spiro atoms. The Morgan fingerprint density at radius 3 is 2.17 bits per heavy atom. The van der Waals surface area contributed by atoms with Gasteiger partial charge in [-0.3, -0.25) is 0 Å². The molecule has 0 heterocycles. The van der Waals surface area contributed by atoms with Crippen LogP contribution in [0.4, 0.5) is 0 Å². The first-order chi connectivity index (χ1) is 5.91. The molecule has 12 heavy (non-hydrogen) atoms. The number of carbonyl (C=O) groups excluding carboxylic acids is 1. The van der Waals surface area contributed by atoms with E-state index in [1.54, 1.807) is 6.08 Å². The summed E-state index contributed by atoms with van der Waals surface area (Å²) in [6, 6.07) is 0. The monoisotopic (exact) mass is 170 g/mol. The number of unbranched alkanes of at least 4 members (excludes halogenated alkanes) is 5. The van der Waals surface area contributed by atoms with Gasteiger partial charge in [-0.2, -0.15) is 0 Å². The summed E-state index contributed by atoms with van der Waals surface area (Å²) in [5.41, 5.74) is 0. The molecule has 0 unspecified atom stereocenters. The number of allylic oxidation sites excluding steroid dienone is 1. The smallest absolute Gasteiger partial charge is 0.119 e. The van der Waals surface area contributed by atoms with Crippen LogP contribution < -0.4 is 0 Å². The second-order valence-corrected chi connectivity index (χ2v) is 2.81. The molecule has 0 aromatic rings. The van der Waals surface area contributed by atoms with E-state index in [0.717, 1.165) is 32.0 Å². The fourth-order valence-corrected chi connectivity index (χ4v) is 1.04. The quantitative estimate of drug-likeness (QED) is 0.344. The molecule has 0 fully saturated rings. The van der Waals surface area contributed by atoms with Gasteiger partial charge in [0.25, 0.3) is 0 Å². The van der Waals surface area contributed by atoms with Crippen molar-refractivity contribution in [2.75, 3.05) is 6.61 Å². The largest absolute Gasteiger partial charge is 0.392 e. The normalized spacial score (nSPS) is 10.8. The molecule has 70 valence electrons. The van der Waals surface area contributed by atoms with E-state index in [9.17, 15) is 4.79 Å². The maximum Gasteiger partial charge on any atom is 0.119 e. The third kappa shape index (κ3) is 9.37. The average molecular weight is 170 g/mol. The van der Waals surface area contributed by atoms with Crippen molar-refractivity contribution in [3.63, 3.8) is 0 Å². The van der Waals surface area contributed by atoms with E-state index in [4.69, 9.17) is 5.11 Å². The van der Waals surface area contributed by atoms with Gasteiger partial charge >= 0.3 is 0 Å². The zero-order valence-corrected chi connectivity index (χ0v) is 7.54. The van der Waals surface area contributed by atoms with Crippen LogP contribution in [0.3, 0.4) is 0 Å². The van der Waals surface area contributed by atoms with Crippen LogP contribution in [0.5, 0.6) is 0 Å². The Morgan fingerprint density at radius 2 is 1.58 bits per heavy atom. The van der Waals surface area contributed by atoms with Crippen molar-refractivity contribution in [3.8, 4) is 0 Å². The van der Waals surface area contributed by atoms with Crippen LogP contribution in [-0.4, -0.2) is 18.0 Å². The van der Waals surface area contributed by atoms with E-state index >= 15 is 0 Å². The summed E-state index contributed by atoms with van der Waals surface area (Å²) in [6.07, 6.45) is 11.0. The summed E-state index contributed by atoms with van der Waals surface area (Å²) in [4.78, 5) is 9.94. The van der Waals surface area contributed by atoms with Crippen LogP contribution in [0.25, 0.3) is 0 Å². The Morgan fingerprint density at radius 1 is 0.917 bits per heavy atom. The van der Waals surface area contributed by atoms with Crippen molar-refractivity contribution < 1.29 is 9.90 Å². The summed E-state index contributed by atoms with van der Waals surface area (Å²) in [5, 5.41) is 8.41. The van der Waals surface area contributed by atoms with Gasteiger partial charge in [-0.1, -0.05) is 25.0 Å². The van der Waals surface area contributed by atoms with Crippen LogP contribution in [0, 0.1) is 0 Å². The predicted molar refractivity (Wildman–Crippen MR) is 50.0 cm³/mol. The number of aliphatic hydroxyl groups is 1. The molecular formula is C10H18O2. The highest BCUT2D eigenvalue weighted by Gasteiger charge is 1.87. The minimum atomic E-state index is 0.144. The molecule has 0 bridgehead atoms. The SMILES string of the molecule is O=CCCCCCCC=CCO. The van der Waals surface area contributed by atoms with Crippen molar-refractivity contribution in [1.82, 2.24) is 0 Å². The maximum absolute atomic E-state index is 9.94. The molecule has 2 nitrogen and oxygen atoms in total. The molecule has 2 heteroatoms. The second kappa shape index (κ2) is 10.4. The summed E-state index contributed by atoms with van der Waals surface area (Å²) in [6.45, 7) is 0.144. The molecular weight excluding hydrogens is 152 g/mol. The minimum Gasteiger partial charge on any atom is -0.392 e. The van der Waals surface area contributed by atoms with Crippen molar-refractivity contribution >= 4 is 6.29 Å². The van der Waals surface area contributed by atoms with E-state index in [1.807, 2.05) is 6.08 Å². The molecule has 0 rings (SSSR count). The van der Waals surface area contributed by atoms with Crippen molar-refractivity contribution in [2.24, 2.45) is 0 Å². The highest BCUT2D eigenvalue weighted by molar-refractivity contribution is 5.48. The molecule has 0 aromatic heterocycles. The van der Waals surface area contributed by atoms with Gasteiger partial charge in [0.05, 0.1) is 6.61 Å². The van der Waals surface area contributed by atoms with Crippen molar-refractivity contribution in [1.29, 1.82) is 0 Å². The second-order valence-electron chi connectivity index (χ2n) is 2.81. The van der Waals surface area contributed by atoms with Crippen LogP contribution >= 0.6 is 0 Å². The average Bonchev–Trinajstić information content (AvgIpc) is 2.10. The van der Waals surface area contributed by atoms with E-state index in [-0.39, 0.29) is 6.61 Å². The highest BCUT2D eigenvalue weighted by atomic mass is 16.2. The third-order valence-corrected chi connectivity index (χ3v) is 1.71. The number of aldehydes is 1. The minimum absolute atomic E-state index is 0.144. The first kappa shape index (κ1) is 11.4. The highest BCUT2D eigenvalue weighted by Crippen LogP contribution is 2.04. The lowest BCUT2D eigenvalue weighted by Crippen LogP contribution is -1.79. The Balaban J connectivity index is 2.90. The molecule has 0 aliphatic carbocycles. The summed E-state index contributed by atoms with van der Waals surface area (Å²) >= 11 is 0.